The molecule has 2 aromatic carbocycles. The number of carboxylic acids is 2. The molecule has 2 aromatic rings. The Morgan fingerprint density at radius 2 is 0.794 bits per heavy atom. The molecule has 2 atom stereocenters. The molecule has 0 bridgehead atoms. The topological polar surface area (TPSA) is 200 Å². The number of rotatable bonds is 19. The SMILES string of the molecule is CCC(C)(C)C(=O)O.CCC(C)(C)C(=O)O.CCC(C)(C)C(=O)OCc1ccccc1.CCC(C)(C)C(=O)OCc1ccccc1.CCC(C)C(=O)OCC(O)COC(=O)C(C)C. The number of hydrogen-bond acceptors (Lipinski definition) is 11. The van der Waals surface area contributed by atoms with Crippen LogP contribution in [0, 0.1) is 33.5 Å². The molecule has 2 unspecified atom stereocenters. The number of hydrogen-bond donors (Lipinski definition) is 3. The average molecular weight is 891 g/mol. The quantitative estimate of drug-likeness (QED) is 0.0889. The van der Waals surface area contributed by atoms with E-state index in [0.717, 1.165) is 24.0 Å². The van der Waals surface area contributed by atoms with Crippen molar-refractivity contribution in [2.45, 2.75) is 162 Å². The van der Waals surface area contributed by atoms with Gasteiger partial charge in [-0.2, -0.15) is 0 Å². The van der Waals surface area contributed by atoms with Gasteiger partial charge in [-0.25, -0.2) is 0 Å². The molecule has 0 aliphatic rings. The number of carbonyl (C=O) groups is 6. The van der Waals surface area contributed by atoms with Crippen molar-refractivity contribution in [3.8, 4) is 0 Å². The van der Waals surface area contributed by atoms with E-state index in [1.165, 1.54) is 0 Å². The predicted octanol–water partition coefficient (Wildman–Crippen LogP) is 10.5. The summed E-state index contributed by atoms with van der Waals surface area (Å²) in [7, 11) is 0. The lowest BCUT2D eigenvalue weighted by molar-refractivity contribution is -0.157. The van der Waals surface area contributed by atoms with Gasteiger partial charge in [0.15, 0.2) is 0 Å². The summed E-state index contributed by atoms with van der Waals surface area (Å²) in [6.45, 7) is 29.7. The van der Waals surface area contributed by atoms with Gasteiger partial charge in [0.2, 0.25) is 0 Å². The molecule has 360 valence electrons. The Labute approximate surface area is 378 Å². The van der Waals surface area contributed by atoms with Gasteiger partial charge in [-0.3, -0.25) is 28.8 Å². The number of carbonyl (C=O) groups excluding carboxylic acids is 4. The fourth-order valence-electron chi connectivity index (χ4n) is 3.31. The van der Waals surface area contributed by atoms with E-state index in [2.05, 4.69) is 0 Å². The van der Waals surface area contributed by atoms with Crippen molar-refractivity contribution in [2.75, 3.05) is 13.2 Å². The second kappa shape index (κ2) is 32.0. The van der Waals surface area contributed by atoms with E-state index in [1.807, 2.05) is 123 Å². The molecule has 0 saturated carbocycles. The zero-order chi connectivity index (χ0) is 49.6. The summed E-state index contributed by atoms with van der Waals surface area (Å²) >= 11 is 0. The monoisotopic (exact) mass is 891 g/mol. The molecule has 0 amide bonds. The molecule has 0 fully saturated rings. The summed E-state index contributed by atoms with van der Waals surface area (Å²) in [6, 6.07) is 19.4. The fraction of sp³-hybridized carbons (Fsp3) is 0.640. The molecule has 13 nitrogen and oxygen atoms in total. The maximum atomic E-state index is 11.6. The van der Waals surface area contributed by atoms with Crippen LogP contribution in [0.2, 0.25) is 0 Å². The first-order valence-corrected chi connectivity index (χ1v) is 21.9. The van der Waals surface area contributed by atoms with Gasteiger partial charge in [-0.15, -0.1) is 0 Å². The van der Waals surface area contributed by atoms with Gasteiger partial charge in [0.25, 0.3) is 0 Å². The van der Waals surface area contributed by atoms with Crippen LogP contribution in [0.1, 0.15) is 154 Å². The number of carboxylic acid groups (broad SMARTS) is 2. The normalized spacial score (nSPS) is 12.0. The van der Waals surface area contributed by atoms with E-state index in [1.54, 1.807) is 48.5 Å². The third-order valence-electron chi connectivity index (χ3n) is 10.5. The van der Waals surface area contributed by atoms with Gasteiger partial charge < -0.3 is 34.3 Å². The second-order valence-corrected chi connectivity index (χ2v) is 18.1. The Balaban J connectivity index is -0.000000736. The average Bonchev–Trinajstić information content (AvgIpc) is 3.26. The van der Waals surface area contributed by atoms with Crippen molar-refractivity contribution >= 4 is 35.8 Å². The van der Waals surface area contributed by atoms with Crippen LogP contribution in [-0.4, -0.2) is 70.5 Å². The first-order valence-electron chi connectivity index (χ1n) is 21.9. The summed E-state index contributed by atoms with van der Waals surface area (Å²) < 4.78 is 20.2. The van der Waals surface area contributed by atoms with E-state index in [4.69, 9.17) is 29.2 Å². The second-order valence-electron chi connectivity index (χ2n) is 18.1. The highest BCUT2D eigenvalue weighted by molar-refractivity contribution is 5.76. The summed E-state index contributed by atoms with van der Waals surface area (Å²) in [4.78, 5) is 66.2. The Kier molecular flexibility index (Phi) is 31.7. The first kappa shape index (κ1) is 62.5. The highest BCUT2D eigenvalue weighted by atomic mass is 16.6. The molecule has 0 spiro atoms. The summed E-state index contributed by atoms with van der Waals surface area (Å²) in [5, 5.41) is 26.3. The van der Waals surface area contributed by atoms with E-state index in [0.29, 0.717) is 32.5 Å². The molecular formula is C50H82O13. The molecule has 0 aliphatic heterocycles. The molecule has 63 heavy (non-hydrogen) atoms. The van der Waals surface area contributed by atoms with Crippen LogP contribution in [-0.2, 0) is 60.9 Å². The van der Waals surface area contributed by atoms with Crippen molar-refractivity contribution in [1.82, 2.24) is 0 Å². The first-order chi connectivity index (χ1) is 29.0. The molecular weight excluding hydrogens is 809 g/mol. The van der Waals surface area contributed by atoms with Gasteiger partial charge in [0, 0.05) is 0 Å². The maximum Gasteiger partial charge on any atom is 0.311 e. The van der Waals surface area contributed by atoms with E-state index < -0.39 is 28.9 Å². The molecule has 0 radical (unpaired) electrons. The maximum absolute atomic E-state index is 11.6. The van der Waals surface area contributed by atoms with Crippen LogP contribution in [0.3, 0.4) is 0 Å². The highest BCUT2D eigenvalue weighted by Crippen LogP contribution is 2.23. The van der Waals surface area contributed by atoms with E-state index in [-0.39, 0.29) is 59.8 Å². The molecule has 0 aromatic heterocycles. The summed E-state index contributed by atoms with van der Waals surface area (Å²) in [5.74, 6) is -2.84. The van der Waals surface area contributed by atoms with Crippen molar-refractivity contribution in [3.63, 3.8) is 0 Å². The molecule has 0 aliphatic carbocycles. The zero-order valence-corrected chi connectivity index (χ0v) is 41.3. The lowest BCUT2D eigenvalue weighted by Gasteiger charge is -2.20. The van der Waals surface area contributed by atoms with Crippen molar-refractivity contribution in [3.05, 3.63) is 71.8 Å². The minimum Gasteiger partial charge on any atom is -0.481 e. The summed E-state index contributed by atoms with van der Waals surface area (Å²) in [6.07, 6.45) is 2.68. The van der Waals surface area contributed by atoms with Gasteiger partial charge in [0.1, 0.15) is 32.5 Å². The Morgan fingerprint density at radius 3 is 1.03 bits per heavy atom. The number of esters is 4. The standard InChI is InChI=1S/2C13H18O2.C12H22O5.2C6H12O2/c2*1-4-13(2,3)12(14)15-10-11-8-6-5-7-9-11;1-5-9(4)12(15)17-7-10(13)6-16-11(14)8(2)3;2*1-4-6(2,3)5(7)8/h2*5-9H,4,10H2,1-3H3;8-10,13H,5-7H2,1-4H3;2*4H2,1-3H3,(H,7,8). The largest absolute Gasteiger partial charge is 0.481 e. The van der Waals surface area contributed by atoms with E-state index >= 15 is 0 Å². The molecule has 2 rings (SSSR count). The van der Waals surface area contributed by atoms with Crippen LogP contribution in [0.4, 0.5) is 0 Å². The zero-order valence-electron chi connectivity index (χ0n) is 41.3. The van der Waals surface area contributed by atoms with Crippen LogP contribution in [0.5, 0.6) is 0 Å². The Morgan fingerprint density at radius 1 is 0.492 bits per heavy atom. The molecule has 3 N–H and O–H groups in total. The van der Waals surface area contributed by atoms with Crippen LogP contribution in [0.25, 0.3) is 0 Å². The number of aliphatic hydroxyl groups is 1. The van der Waals surface area contributed by atoms with Crippen molar-refractivity contribution in [1.29, 1.82) is 0 Å². The fourth-order valence-corrected chi connectivity index (χ4v) is 3.31. The number of ether oxygens (including phenoxy) is 4. The van der Waals surface area contributed by atoms with Gasteiger partial charge >= 0.3 is 35.8 Å². The lowest BCUT2D eigenvalue weighted by atomic mass is 9.91. The Hall–Kier alpha value is -4.78. The van der Waals surface area contributed by atoms with Crippen LogP contribution >= 0.6 is 0 Å². The summed E-state index contributed by atoms with van der Waals surface area (Å²) in [5.41, 5.74) is 0.208. The van der Waals surface area contributed by atoms with Gasteiger partial charge in [-0.1, -0.05) is 116 Å². The van der Waals surface area contributed by atoms with Crippen molar-refractivity contribution < 1.29 is 63.0 Å². The number of benzene rings is 2. The highest BCUT2D eigenvalue weighted by Gasteiger charge is 2.28. The molecule has 0 heterocycles. The number of aliphatic carboxylic acids is 2. The predicted molar refractivity (Wildman–Crippen MR) is 246 cm³/mol. The third kappa shape index (κ3) is 29.3. The van der Waals surface area contributed by atoms with E-state index in [9.17, 15) is 33.9 Å². The minimum absolute atomic E-state index is 0.131. The van der Waals surface area contributed by atoms with Crippen LogP contribution < -0.4 is 0 Å². The van der Waals surface area contributed by atoms with Gasteiger partial charge in [-0.05, 0) is 98.6 Å². The third-order valence-corrected chi connectivity index (χ3v) is 10.5. The lowest BCUT2D eigenvalue weighted by Crippen LogP contribution is -2.27. The van der Waals surface area contributed by atoms with Crippen LogP contribution in [0.15, 0.2) is 60.7 Å². The number of aliphatic hydroxyl groups excluding tert-OH is 1. The minimum atomic E-state index is -0.967. The van der Waals surface area contributed by atoms with Crippen molar-refractivity contribution in [2.24, 2.45) is 33.5 Å². The smallest absolute Gasteiger partial charge is 0.311 e. The van der Waals surface area contributed by atoms with Gasteiger partial charge in [0.05, 0.1) is 33.5 Å². The Bertz CT molecular complexity index is 1500. The molecule has 0 saturated heterocycles. The molecule has 13 heteroatoms.